The molecule has 0 aliphatic heterocycles. The number of hydrogen-bond acceptors (Lipinski definition) is 4. The summed E-state index contributed by atoms with van der Waals surface area (Å²) in [7, 11) is 0. The summed E-state index contributed by atoms with van der Waals surface area (Å²) in [6.45, 7) is 3.93. The van der Waals surface area contributed by atoms with E-state index in [1.165, 1.54) is 18.3 Å². The van der Waals surface area contributed by atoms with Gasteiger partial charge >= 0.3 is 0 Å². The van der Waals surface area contributed by atoms with Crippen LogP contribution in [0.2, 0.25) is 0 Å². The van der Waals surface area contributed by atoms with Gasteiger partial charge in [-0.1, -0.05) is 6.07 Å². The van der Waals surface area contributed by atoms with E-state index < -0.39 is 0 Å². The third kappa shape index (κ3) is 3.48. The fraction of sp³-hybridized carbons (Fsp3) is 0.235. The molecule has 0 radical (unpaired) electrons. The molecule has 118 valence electrons. The van der Waals surface area contributed by atoms with Gasteiger partial charge in [0.2, 0.25) is 5.91 Å². The van der Waals surface area contributed by atoms with Crippen molar-refractivity contribution in [1.29, 1.82) is 0 Å². The molecule has 1 amide bonds. The highest BCUT2D eigenvalue weighted by Gasteiger charge is 2.09. The molecule has 3 aromatic heterocycles. The number of nitrogens with one attached hydrogen (secondary N) is 1. The molecule has 1 N–H and O–H groups in total. The molecule has 3 heterocycles. The molecule has 6 heteroatoms. The molecule has 0 bridgehead atoms. The molecule has 0 spiro atoms. The van der Waals surface area contributed by atoms with Crippen LogP contribution in [0.1, 0.15) is 33.4 Å². The molecule has 0 saturated heterocycles. The monoisotopic (exact) mass is 327 g/mol. The molecule has 3 rings (SSSR count). The SMILES string of the molecule is CC(=O)c1cc(CC(=O)NCc2cn3cccc(C)c3n2)cs1. The van der Waals surface area contributed by atoms with E-state index in [1.54, 1.807) is 6.07 Å². The van der Waals surface area contributed by atoms with E-state index in [2.05, 4.69) is 10.3 Å². The second-order valence-electron chi connectivity index (χ2n) is 5.48. The number of aryl methyl sites for hydroxylation is 1. The van der Waals surface area contributed by atoms with Gasteiger partial charge in [-0.05, 0) is 42.5 Å². The number of Topliss-reactive ketones (excluding diaryl/α,β-unsaturated/α-hetero) is 1. The lowest BCUT2D eigenvalue weighted by molar-refractivity contribution is -0.120. The Morgan fingerprint density at radius 2 is 2.22 bits per heavy atom. The van der Waals surface area contributed by atoms with E-state index in [9.17, 15) is 9.59 Å². The van der Waals surface area contributed by atoms with Crippen molar-refractivity contribution in [2.24, 2.45) is 0 Å². The van der Waals surface area contributed by atoms with Crippen LogP contribution in [-0.2, 0) is 17.8 Å². The van der Waals surface area contributed by atoms with E-state index in [0.29, 0.717) is 11.4 Å². The van der Waals surface area contributed by atoms with E-state index >= 15 is 0 Å². The van der Waals surface area contributed by atoms with Gasteiger partial charge in [-0.2, -0.15) is 0 Å². The molecule has 0 aromatic carbocycles. The van der Waals surface area contributed by atoms with Crippen LogP contribution in [0.15, 0.2) is 36.0 Å². The second-order valence-corrected chi connectivity index (χ2v) is 6.39. The first kappa shape index (κ1) is 15.4. The van der Waals surface area contributed by atoms with Crippen molar-refractivity contribution >= 4 is 28.7 Å². The van der Waals surface area contributed by atoms with Gasteiger partial charge in [-0.15, -0.1) is 11.3 Å². The quantitative estimate of drug-likeness (QED) is 0.733. The Morgan fingerprint density at radius 3 is 2.91 bits per heavy atom. The number of imidazole rings is 1. The highest BCUT2D eigenvalue weighted by Crippen LogP contribution is 2.16. The molecule has 3 aromatic rings. The zero-order valence-corrected chi connectivity index (χ0v) is 13.8. The van der Waals surface area contributed by atoms with Crippen LogP contribution in [0.25, 0.3) is 5.65 Å². The van der Waals surface area contributed by atoms with Gasteiger partial charge in [0.15, 0.2) is 5.78 Å². The zero-order valence-electron chi connectivity index (χ0n) is 13.0. The van der Waals surface area contributed by atoms with Gasteiger partial charge in [-0.3, -0.25) is 9.59 Å². The summed E-state index contributed by atoms with van der Waals surface area (Å²) in [5, 5.41) is 4.72. The molecular formula is C17H17N3O2S. The van der Waals surface area contributed by atoms with Gasteiger partial charge in [0.25, 0.3) is 0 Å². The number of carbonyl (C=O) groups is 2. The number of rotatable bonds is 5. The fourth-order valence-electron chi connectivity index (χ4n) is 2.38. The lowest BCUT2D eigenvalue weighted by Gasteiger charge is -2.01. The average Bonchev–Trinajstić information content (AvgIpc) is 3.12. The Kier molecular flexibility index (Phi) is 4.25. The normalized spacial score (nSPS) is 10.9. The first-order valence-corrected chi connectivity index (χ1v) is 8.19. The number of aromatic nitrogens is 2. The van der Waals surface area contributed by atoms with Crippen LogP contribution in [0, 0.1) is 6.92 Å². The fourth-order valence-corrected chi connectivity index (χ4v) is 3.19. The van der Waals surface area contributed by atoms with Gasteiger partial charge in [0.05, 0.1) is 23.5 Å². The van der Waals surface area contributed by atoms with Crippen molar-refractivity contribution in [3.63, 3.8) is 0 Å². The maximum atomic E-state index is 12.0. The van der Waals surface area contributed by atoms with Crippen molar-refractivity contribution in [2.75, 3.05) is 0 Å². The Labute approximate surface area is 138 Å². The predicted molar refractivity (Wildman–Crippen MR) is 89.8 cm³/mol. The second kappa shape index (κ2) is 6.34. The number of amides is 1. The Hall–Kier alpha value is -2.47. The first-order chi connectivity index (χ1) is 11.0. The Balaban J connectivity index is 1.61. The van der Waals surface area contributed by atoms with Crippen molar-refractivity contribution in [3.8, 4) is 0 Å². The summed E-state index contributed by atoms with van der Waals surface area (Å²) in [4.78, 5) is 28.5. The number of thiophene rings is 1. The number of pyridine rings is 1. The molecule has 0 atom stereocenters. The minimum atomic E-state index is -0.0771. The number of ketones is 1. The van der Waals surface area contributed by atoms with Gasteiger partial charge in [-0.25, -0.2) is 4.98 Å². The van der Waals surface area contributed by atoms with E-state index in [0.717, 1.165) is 22.5 Å². The number of hydrogen-bond donors (Lipinski definition) is 1. The number of nitrogens with zero attached hydrogens (tertiary/aromatic N) is 2. The highest BCUT2D eigenvalue weighted by molar-refractivity contribution is 7.12. The van der Waals surface area contributed by atoms with Crippen LogP contribution in [0.3, 0.4) is 0 Å². The minimum Gasteiger partial charge on any atom is -0.350 e. The summed E-state index contributed by atoms with van der Waals surface area (Å²) < 4.78 is 1.95. The smallest absolute Gasteiger partial charge is 0.224 e. The third-order valence-electron chi connectivity index (χ3n) is 3.56. The first-order valence-electron chi connectivity index (χ1n) is 7.31. The predicted octanol–water partition coefficient (Wildman–Crippen LogP) is 2.77. The lowest BCUT2D eigenvalue weighted by atomic mass is 10.2. The van der Waals surface area contributed by atoms with Gasteiger partial charge < -0.3 is 9.72 Å². The number of carbonyl (C=O) groups excluding carboxylic acids is 2. The summed E-state index contributed by atoms with van der Waals surface area (Å²) in [6, 6.07) is 5.75. The molecule has 0 aliphatic carbocycles. The van der Waals surface area contributed by atoms with E-state index in [4.69, 9.17) is 0 Å². The van der Waals surface area contributed by atoms with Crippen LogP contribution in [0.5, 0.6) is 0 Å². The lowest BCUT2D eigenvalue weighted by Crippen LogP contribution is -2.24. The highest BCUT2D eigenvalue weighted by atomic mass is 32.1. The molecule has 0 fully saturated rings. The van der Waals surface area contributed by atoms with Crippen LogP contribution >= 0.6 is 11.3 Å². The summed E-state index contributed by atoms with van der Waals surface area (Å²) >= 11 is 1.37. The van der Waals surface area contributed by atoms with Gasteiger partial charge in [0.1, 0.15) is 5.65 Å². The van der Waals surface area contributed by atoms with Crippen molar-refractivity contribution in [1.82, 2.24) is 14.7 Å². The van der Waals surface area contributed by atoms with Crippen LogP contribution in [0.4, 0.5) is 0 Å². The number of fused-ring (bicyclic) bond motifs is 1. The van der Waals surface area contributed by atoms with Crippen LogP contribution < -0.4 is 5.32 Å². The molecule has 5 nitrogen and oxygen atoms in total. The van der Waals surface area contributed by atoms with E-state index in [-0.39, 0.29) is 18.1 Å². The maximum absolute atomic E-state index is 12.0. The summed E-state index contributed by atoms with van der Waals surface area (Å²) in [6.07, 6.45) is 4.13. The van der Waals surface area contributed by atoms with Gasteiger partial charge in [0, 0.05) is 12.4 Å². The Bertz CT molecular complexity index is 879. The summed E-state index contributed by atoms with van der Waals surface area (Å²) in [5.41, 5.74) is 3.69. The van der Waals surface area contributed by atoms with Crippen molar-refractivity contribution in [3.05, 3.63) is 57.7 Å². The largest absolute Gasteiger partial charge is 0.350 e. The van der Waals surface area contributed by atoms with Crippen molar-refractivity contribution in [2.45, 2.75) is 26.8 Å². The minimum absolute atomic E-state index is 0.0294. The standard InChI is InChI=1S/C17H17N3O2S/c1-11-4-3-5-20-9-14(19-17(11)20)8-18-16(22)7-13-6-15(12(2)21)23-10-13/h3-6,9-10H,7-8H2,1-2H3,(H,18,22). The molecule has 0 saturated carbocycles. The molecule has 23 heavy (non-hydrogen) atoms. The molecule has 0 aliphatic rings. The van der Waals surface area contributed by atoms with Crippen molar-refractivity contribution < 1.29 is 9.59 Å². The zero-order chi connectivity index (χ0) is 16.4. The molecule has 0 unspecified atom stereocenters. The third-order valence-corrected chi connectivity index (χ3v) is 4.64. The Morgan fingerprint density at radius 1 is 1.39 bits per heavy atom. The maximum Gasteiger partial charge on any atom is 0.224 e. The topological polar surface area (TPSA) is 63.5 Å². The summed E-state index contributed by atoms with van der Waals surface area (Å²) in [5.74, 6) is -0.0478. The average molecular weight is 327 g/mol. The molecular weight excluding hydrogens is 310 g/mol. The van der Waals surface area contributed by atoms with Crippen LogP contribution in [-0.4, -0.2) is 21.1 Å². The van der Waals surface area contributed by atoms with E-state index in [1.807, 2.05) is 41.2 Å².